The fourth-order valence-electron chi connectivity index (χ4n) is 2.09. The van der Waals surface area contributed by atoms with E-state index in [1.807, 2.05) is 0 Å². The smallest absolute Gasteiger partial charge is 0.165 e. The second kappa shape index (κ2) is 5.38. The summed E-state index contributed by atoms with van der Waals surface area (Å²) >= 11 is 0. The van der Waals surface area contributed by atoms with Crippen molar-refractivity contribution >= 4 is 0 Å². The van der Waals surface area contributed by atoms with Gasteiger partial charge in [0.1, 0.15) is 0 Å². The van der Waals surface area contributed by atoms with Crippen molar-refractivity contribution < 1.29 is 17.6 Å². The summed E-state index contributed by atoms with van der Waals surface area (Å²) in [6, 6.07) is 0. The van der Waals surface area contributed by atoms with Crippen molar-refractivity contribution in [2.24, 2.45) is 10.8 Å². The van der Waals surface area contributed by atoms with Crippen molar-refractivity contribution in [3.8, 4) is 0 Å². The van der Waals surface area contributed by atoms with Gasteiger partial charge in [0, 0.05) is 11.1 Å². The molecule has 114 valence electrons. The topological polar surface area (TPSA) is 0 Å². The van der Waals surface area contributed by atoms with Gasteiger partial charge in [0.05, 0.1) is 0 Å². The molecule has 0 heterocycles. The Kier molecular flexibility index (Phi) is 4.57. The summed E-state index contributed by atoms with van der Waals surface area (Å²) in [5.74, 6) is -5.06. The van der Waals surface area contributed by atoms with Crippen LogP contribution >= 0.6 is 0 Å². The monoisotopic (exact) mass is 290 g/mol. The predicted octanol–water partition coefficient (Wildman–Crippen LogP) is 5.42. The molecule has 0 spiro atoms. The van der Waals surface area contributed by atoms with Gasteiger partial charge in [-0.2, -0.15) is 0 Å². The Morgan fingerprint density at radius 3 is 0.900 bits per heavy atom. The van der Waals surface area contributed by atoms with Gasteiger partial charge in [0.25, 0.3) is 0 Å². The Morgan fingerprint density at radius 1 is 0.550 bits per heavy atom. The Labute approximate surface area is 118 Å². The standard InChI is InChI=1S/C16H22F4/c1-15(2,3)7-9-11(17)13(19)10(8-16(4,5)6)14(20)12(9)18/h7-8H2,1-6H3. The van der Waals surface area contributed by atoms with Crippen LogP contribution in [0.2, 0.25) is 0 Å². The molecule has 0 amide bonds. The van der Waals surface area contributed by atoms with Crippen LogP contribution in [0.3, 0.4) is 0 Å². The lowest BCUT2D eigenvalue weighted by atomic mass is 9.84. The van der Waals surface area contributed by atoms with Crippen molar-refractivity contribution in [3.63, 3.8) is 0 Å². The molecule has 0 bridgehead atoms. The molecule has 0 N–H and O–H groups in total. The van der Waals surface area contributed by atoms with Crippen LogP contribution < -0.4 is 0 Å². The summed E-state index contributed by atoms with van der Waals surface area (Å²) in [6.07, 6.45) is -0.122. The molecule has 0 saturated carbocycles. The fourth-order valence-corrected chi connectivity index (χ4v) is 2.09. The van der Waals surface area contributed by atoms with Gasteiger partial charge in [-0.1, -0.05) is 41.5 Å². The molecular weight excluding hydrogens is 268 g/mol. The maximum atomic E-state index is 14.0. The molecule has 4 heteroatoms. The zero-order valence-corrected chi connectivity index (χ0v) is 12.9. The summed E-state index contributed by atoms with van der Waals surface area (Å²) in [6.45, 7) is 10.5. The van der Waals surface area contributed by atoms with Gasteiger partial charge in [-0.15, -0.1) is 0 Å². The summed E-state index contributed by atoms with van der Waals surface area (Å²) in [7, 11) is 0. The van der Waals surface area contributed by atoms with Gasteiger partial charge in [-0.25, -0.2) is 17.6 Å². The minimum atomic E-state index is -1.27. The molecule has 1 aromatic rings. The first-order chi connectivity index (χ1) is 8.83. The van der Waals surface area contributed by atoms with Gasteiger partial charge in [-0.05, 0) is 23.7 Å². The highest BCUT2D eigenvalue weighted by Gasteiger charge is 2.29. The van der Waals surface area contributed by atoms with Crippen LogP contribution in [0.15, 0.2) is 0 Å². The Bertz CT molecular complexity index is 429. The van der Waals surface area contributed by atoms with E-state index >= 15 is 0 Å². The third-order valence-corrected chi connectivity index (χ3v) is 2.86. The van der Waals surface area contributed by atoms with Gasteiger partial charge in [0.15, 0.2) is 23.3 Å². The summed E-state index contributed by atoms with van der Waals surface area (Å²) in [5, 5.41) is 0. The van der Waals surface area contributed by atoms with Crippen molar-refractivity contribution in [1.29, 1.82) is 0 Å². The van der Waals surface area contributed by atoms with Gasteiger partial charge in [-0.3, -0.25) is 0 Å². The van der Waals surface area contributed by atoms with Crippen LogP contribution in [0.1, 0.15) is 52.7 Å². The van der Waals surface area contributed by atoms with Gasteiger partial charge >= 0.3 is 0 Å². The number of hydrogen-bond donors (Lipinski definition) is 0. The molecule has 0 saturated heterocycles. The quantitative estimate of drug-likeness (QED) is 0.504. The maximum absolute atomic E-state index is 14.0. The first-order valence-corrected chi connectivity index (χ1v) is 6.67. The average molecular weight is 290 g/mol. The SMILES string of the molecule is CC(C)(C)Cc1c(F)c(F)c(CC(C)(C)C)c(F)c1F. The van der Waals surface area contributed by atoms with Crippen molar-refractivity contribution in [2.45, 2.75) is 54.4 Å². The predicted molar refractivity (Wildman–Crippen MR) is 72.6 cm³/mol. The second-order valence-corrected chi connectivity index (χ2v) is 7.69. The van der Waals surface area contributed by atoms with E-state index in [0.29, 0.717) is 0 Å². The molecule has 0 nitrogen and oxygen atoms in total. The number of benzene rings is 1. The highest BCUT2D eigenvalue weighted by molar-refractivity contribution is 5.31. The average Bonchev–Trinajstić information content (AvgIpc) is 2.25. The van der Waals surface area contributed by atoms with Crippen LogP contribution in [0, 0.1) is 34.1 Å². The number of halogens is 4. The van der Waals surface area contributed by atoms with E-state index in [4.69, 9.17) is 0 Å². The van der Waals surface area contributed by atoms with E-state index in [1.54, 1.807) is 41.5 Å². The molecule has 0 fully saturated rings. The van der Waals surface area contributed by atoms with E-state index in [0.717, 1.165) is 0 Å². The largest absolute Gasteiger partial charge is 0.203 e. The molecule has 0 aliphatic rings. The highest BCUT2D eigenvalue weighted by Crippen LogP contribution is 2.32. The minimum Gasteiger partial charge on any atom is -0.203 e. The van der Waals surface area contributed by atoms with E-state index < -0.39 is 45.2 Å². The van der Waals surface area contributed by atoms with E-state index in [9.17, 15) is 17.6 Å². The third kappa shape index (κ3) is 3.97. The lowest BCUT2D eigenvalue weighted by Crippen LogP contribution is -2.19. The van der Waals surface area contributed by atoms with Crippen LogP contribution in [0.4, 0.5) is 17.6 Å². The van der Waals surface area contributed by atoms with E-state index in [2.05, 4.69) is 0 Å². The molecular formula is C16H22F4. The normalized spacial score (nSPS) is 12.9. The number of rotatable bonds is 2. The fraction of sp³-hybridized carbons (Fsp3) is 0.625. The lowest BCUT2D eigenvalue weighted by Gasteiger charge is -2.23. The van der Waals surface area contributed by atoms with Crippen LogP contribution in [-0.4, -0.2) is 0 Å². The van der Waals surface area contributed by atoms with Crippen LogP contribution in [0.5, 0.6) is 0 Å². The maximum Gasteiger partial charge on any atom is 0.165 e. The zero-order chi connectivity index (χ0) is 15.9. The number of hydrogen-bond acceptors (Lipinski definition) is 0. The molecule has 0 atom stereocenters. The van der Waals surface area contributed by atoms with Crippen LogP contribution in [0.25, 0.3) is 0 Å². The second-order valence-electron chi connectivity index (χ2n) is 7.69. The Morgan fingerprint density at radius 2 is 0.750 bits per heavy atom. The van der Waals surface area contributed by atoms with E-state index in [-0.39, 0.29) is 12.8 Å². The molecule has 0 aliphatic heterocycles. The highest BCUT2D eigenvalue weighted by atomic mass is 19.2. The summed E-state index contributed by atoms with van der Waals surface area (Å²) in [4.78, 5) is 0. The molecule has 1 aromatic carbocycles. The van der Waals surface area contributed by atoms with E-state index in [1.165, 1.54) is 0 Å². The molecule has 0 radical (unpaired) electrons. The first-order valence-electron chi connectivity index (χ1n) is 6.67. The summed E-state index contributed by atoms with van der Waals surface area (Å²) < 4.78 is 56.1. The zero-order valence-electron chi connectivity index (χ0n) is 12.9. The van der Waals surface area contributed by atoms with Gasteiger partial charge in [0.2, 0.25) is 0 Å². The lowest BCUT2D eigenvalue weighted by molar-refractivity contribution is 0.350. The molecule has 20 heavy (non-hydrogen) atoms. The van der Waals surface area contributed by atoms with Gasteiger partial charge < -0.3 is 0 Å². The molecule has 0 aliphatic carbocycles. The van der Waals surface area contributed by atoms with Crippen LogP contribution in [-0.2, 0) is 12.8 Å². The Balaban J connectivity index is 3.42. The molecule has 0 aromatic heterocycles. The third-order valence-electron chi connectivity index (χ3n) is 2.86. The Hall–Kier alpha value is -1.06. The molecule has 0 unspecified atom stereocenters. The first kappa shape index (κ1) is 17.0. The minimum absolute atomic E-state index is 0.0612. The molecule has 1 rings (SSSR count). The van der Waals surface area contributed by atoms with Crippen molar-refractivity contribution in [3.05, 3.63) is 34.4 Å². The van der Waals surface area contributed by atoms with Crippen molar-refractivity contribution in [2.75, 3.05) is 0 Å². The van der Waals surface area contributed by atoms with Crippen molar-refractivity contribution in [1.82, 2.24) is 0 Å². The summed E-state index contributed by atoms with van der Waals surface area (Å²) in [5.41, 5.74) is -1.95.